The molecular weight excluding hydrogens is 372 g/mol. The molecule has 6 atom stereocenters. The summed E-state index contributed by atoms with van der Waals surface area (Å²) in [5, 5.41) is 31.7. The topological polar surface area (TPSA) is 108 Å². The lowest BCUT2D eigenvalue weighted by atomic mass is 9.55. The number of nitrogens with two attached hydrogens (primary N) is 1. The SMILES string of the molecule is C[C@H]1CCC=C2C[C@H]3OC(=O)[C@@H](C[NH2+]CCC[NH+](CCO)CCO)[C@H]3[C@@H](O)[C@@]21C. The van der Waals surface area contributed by atoms with Crippen molar-refractivity contribution >= 4 is 5.97 Å². The van der Waals surface area contributed by atoms with Crippen LogP contribution in [0.5, 0.6) is 0 Å². The minimum absolute atomic E-state index is 0.118. The summed E-state index contributed by atoms with van der Waals surface area (Å²) in [6.07, 6.45) is 5.39. The predicted molar refractivity (Wildman–Crippen MR) is 108 cm³/mol. The smallest absolute Gasteiger partial charge is 0.315 e. The third-order valence-electron chi connectivity index (χ3n) is 7.86. The number of fused-ring (bicyclic) bond motifs is 2. The van der Waals surface area contributed by atoms with Gasteiger partial charge in [0.25, 0.3) is 0 Å². The highest BCUT2D eigenvalue weighted by Gasteiger charge is 2.60. The second-order valence-electron chi connectivity index (χ2n) is 9.41. The molecule has 0 aromatic rings. The van der Waals surface area contributed by atoms with E-state index in [1.165, 1.54) is 10.5 Å². The van der Waals surface area contributed by atoms with Gasteiger partial charge in [-0.2, -0.15) is 0 Å². The Labute approximate surface area is 174 Å². The number of aliphatic hydroxyl groups is 3. The van der Waals surface area contributed by atoms with E-state index in [1.54, 1.807) is 0 Å². The maximum absolute atomic E-state index is 12.6. The average Bonchev–Trinajstić information content (AvgIpc) is 3.00. The summed E-state index contributed by atoms with van der Waals surface area (Å²) in [6.45, 7) is 8.38. The van der Waals surface area contributed by atoms with Crippen molar-refractivity contribution in [1.82, 2.24) is 0 Å². The van der Waals surface area contributed by atoms with E-state index >= 15 is 0 Å². The first-order valence-corrected chi connectivity index (χ1v) is 11.4. The zero-order valence-corrected chi connectivity index (χ0v) is 18.0. The van der Waals surface area contributed by atoms with Gasteiger partial charge >= 0.3 is 5.97 Å². The lowest BCUT2D eigenvalue weighted by molar-refractivity contribution is -0.902. The average molecular weight is 413 g/mol. The molecule has 0 spiro atoms. The van der Waals surface area contributed by atoms with Gasteiger partial charge in [-0.15, -0.1) is 0 Å². The summed E-state index contributed by atoms with van der Waals surface area (Å²) >= 11 is 0. The van der Waals surface area contributed by atoms with Gasteiger partial charge in [0.15, 0.2) is 0 Å². The predicted octanol–water partition coefficient (Wildman–Crippen LogP) is -1.91. The van der Waals surface area contributed by atoms with Gasteiger partial charge in [0.1, 0.15) is 25.1 Å². The first kappa shape index (κ1) is 22.7. The highest BCUT2D eigenvalue weighted by molar-refractivity contribution is 5.76. The van der Waals surface area contributed by atoms with E-state index in [0.717, 1.165) is 38.8 Å². The molecule has 0 radical (unpaired) electrons. The van der Waals surface area contributed by atoms with Gasteiger partial charge in [-0.25, -0.2) is 0 Å². The zero-order chi connectivity index (χ0) is 21.0. The van der Waals surface area contributed by atoms with Crippen LogP contribution in [0, 0.1) is 23.2 Å². The lowest BCUT2D eigenvalue weighted by Crippen LogP contribution is -3.13. The van der Waals surface area contributed by atoms with Crippen LogP contribution in [-0.4, -0.2) is 79.4 Å². The number of ether oxygens (including phenoxy) is 1. The summed E-state index contributed by atoms with van der Waals surface area (Å²) in [7, 11) is 0. The quantitative estimate of drug-likeness (QED) is 0.164. The minimum atomic E-state index is -0.540. The zero-order valence-electron chi connectivity index (χ0n) is 18.0. The molecule has 2 fully saturated rings. The van der Waals surface area contributed by atoms with E-state index in [9.17, 15) is 9.90 Å². The largest absolute Gasteiger partial charge is 0.461 e. The van der Waals surface area contributed by atoms with Crippen molar-refractivity contribution in [3.8, 4) is 0 Å². The second-order valence-corrected chi connectivity index (χ2v) is 9.41. The Balaban J connectivity index is 1.55. The maximum Gasteiger partial charge on any atom is 0.315 e. The van der Waals surface area contributed by atoms with Crippen LogP contribution in [0.1, 0.15) is 39.5 Å². The molecular formula is C22H40N2O5+2. The van der Waals surface area contributed by atoms with E-state index in [2.05, 4.69) is 25.2 Å². The number of hydrogen-bond donors (Lipinski definition) is 5. The van der Waals surface area contributed by atoms with E-state index in [-0.39, 0.29) is 42.5 Å². The first-order chi connectivity index (χ1) is 13.9. The van der Waals surface area contributed by atoms with E-state index in [0.29, 0.717) is 25.6 Å². The van der Waals surface area contributed by atoms with Gasteiger partial charge in [-0.05, 0) is 18.8 Å². The van der Waals surface area contributed by atoms with Gasteiger partial charge in [0.05, 0.1) is 39.0 Å². The minimum Gasteiger partial charge on any atom is -0.461 e. The van der Waals surface area contributed by atoms with Crippen molar-refractivity contribution in [3.63, 3.8) is 0 Å². The van der Waals surface area contributed by atoms with E-state index < -0.39 is 6.10 Å². The molecule has 3 rings (SSSR count). The van der Waals surface area contributed by atoms with Crippen LogP contribution in [0.15, 0.2) is 11.6 Å². The molecule has 0 amide bonds. The van der Waals surface area contributed by atoms with Crippen LogP contribution >= 0.6 is 0 Å². The van der Waals surface area contributed by atoms with Crippen LogP contribution in [0.2, 0.25) is 0 Å². The van der Waals surface area contributed by atoms with Crippen LogP contribution in [0.3, 0.4) is 0 Å². The van der Waals surface area contributed by atoms with Crippen molar-refractivity contribution in [2.75, 3.05) is 45.9 Å². The Morgan fingerprint density at radius 1 is 1.28 bits per heavy atom. The number of allylic oxidation sites excluding steroid dienone is 1. The Morgan fingerprint density at radius 3 is 2.69 bits per heavy atom. The van der Waals surface area contributed by atoms with E-state index in [4.69, 9.17) is 14.9 Å². The molecule has 1 heterocycles. The number of hydrogen-bond acceptors (Lipinski definition) is 5. The number of carbonyl (C=O) groups is 1. The molecule has 6 N–H and O–H groups in total. The second kappa shape index (κ2) is 9.88. The molecule has 1 aliphatic heterocycles. The molecule has 1 saturated heterocycles. The molecule has 1 saturated carbocycles. The van der Waals surface area contributed by atoms with Crippen molar-refractivity contribution in [2.45, 2.75) is 51.7 Å². The molecule has 7 nitrogen and oxygen atoms in total. The van der Waals surface area contributed by atoms with Crippen molar-refractivity contribution in [1.29, 1.82) is 0 Å². The van der Waals surface area contributed by atoms with Gasteiger partial charge in [-0.1, -0.05) is 25.5 Å². The Bertz CT molecular complexity index is 592. The number of nitrogens with one attached hydrogen (secondary N) is 1. The maximum atomic E-state index is 12.6. The molecule has 0 bridgehead atoms. The Kier molecular flexibility index (Phi) is 7.73. The Morgan fingerprint density at radius 2 is 2.00 bits per heavy atom. The van der Waals surface area contributed by atoms with Crippen molar-refractivity contribution < 1.29 is 35.1 Å². The number of aliphatic hydroxyl groups excluding tert-OH is 3. The Hall–Kier alpha value is -0.990. The normalized spacial score (nSPS) is 36.6. The summed E-state index contributed by atoms with van der Waals surface area (Å²) in [6, 6.07) is 0. The summed E-state index contributed by atoms with van der Waals surface area (Å²) < 4.78 is 5.72. The lowest BCUT2D eigenvalue weighted by Gasteiger charge is -2.51. The molecule has 0 unspecified atom stereocenters. The van der Waals surface area contributed by atoms with Gasteiger partial charge in [0, 0.05) is 24.2 Å². The molecule has 2 aliphatic carbocycles. The molecule has 3 aliphatic rings. The fourth-order valence-corrected chi connectivity index (χ4v) is 5.82. The molecule has 29 heavy (non-hydrogen) atoms. The summed E-state index contributed by atoms with van der Waals surface area (Å²) in [5.74, 6) is -0.113. The van der Waals surface area contributed by atoms with Crippen LogP contribution in [0.25, 0.3) is 0 Å². The van der Waals surface area contributed by atoms with Gasteiger partial charge in [-0.3, -0.25) is 4.79 Å². The highest BCUT2D eigenvalue weighted by Crippen LogP contribution is 2.55. The summed E-state index contributed by atoms with van der Waals surface area (Å²) in [5.41, 5.74) is 1.03. The number of carbonyl (C=O) groups excluding carboxylic acids is 1. The number of quaternary nitrogens is 2. The number of esters is 1. The van der Waals surface area contributed by atoms with Crippen LogP contribution < -0.4 is 10.2 Å². The standard InChI is InChI=1S/C22H38N2O5/c1-15-5-3-6-16-13-18-19(20(27)22(15,16)2)17(21(28)29-18)14-23-7-4-8-24(9-11-25)10-12-26/h6,15,17-20,23,25-27H,3-5,7-14H2,1-2H3/p+2/t15-,17-,18+,19+,20+,22+/m0/s1. The molecule has 0 aromatic heterocycles. The van der Waals surface area contributed by atoms with E-state index in [1.807, 2.05) is 0 Å². The summed E-state index contributed by atoms with van der Waals surface area (Å²) in [4.78, 5) is 13.8. The molecule has 0 aromatic carbocycles. The van der Waals surface area contributed by atoms with Crippen LogP contribution in [-0.2, 0) is 9.53 Å². The molecule has 166 valence electrons. The third kappa shape index (κ3) is 4.54. The van der Waals surface area contributed by atoms with Gasteiger partial charge in [0.2, 0.25) is 0 Å². The van der Waals surface area contributed by atoms with Crippen molar-refractivity contribution in [3.05, 3.63) is 11.6 Å². The highest BCUT2D eigenvalue weighted by atomic mass is 16.6. The first-order valence-electron chi connectivity index (χ1n) is 11.4. The monoisotopic (exact) mass is 412 g/mol. The number of rotatable bonds is 10. The third-order valence-corrected chi connectivity index (χ3v) is 7.86. The fourth-order valence-electron chi connectivity index (χ4n) is 5.82. The fraction of sp³-hybridized carbons (Fsp3) is 0.864. The van der Waals surface area contributed by atoms with Gasteiger partial charge < -0.3 is 30.3 Å². The van der Waals surface area contributed by atoms with Crippen molar-refractivity contribution in [2.24, 2.45) is 23.2 Å². The molecule has 7 heteroatoms. The van der Waals surface area contributed by atoms with Crippen LogP contribution in [0.4, 0.5) is 0 Å².